The van der Waals surface area contributed by atoms with E-state index in [4.69, 9.17) is 0 Å². The van der Waals surface area contributed by atoms with E-state index >= 15 is 0 Å². The predicted octanol–water partition coefficient (Wildman–Crippen LogP) is 2.39. The summed E-state index contributed by atoms with van der Waals surface area (Å²) in [7, 11) is 2.16. The van der Waals surface area contributed by atoms with Gasteiger partial charge in [-0.05, 0) is 19.9 Å². The molecule has 0 N–H and O–H groups in total. The first-order valence-electron chi connectivity index (χ1n) is 3.65. The van der Waals surface area contributed by atoms with Gasteiger partial charge < -0.3 is 0 Å². The Balaban J connectivity index is 2.95. The van der Waals surface area contributed by atoms with Crippen LogP contribution in [0, 0.1) is 0 Å². The first-order valence-corrected chi connectivity index (χ1v) is 4.59. The van der Waals surface area contributed by atoms with Gasteiger partial charge in [0.2, 0.25) is 0 Å². The lowest BCUT2D eigenvalue weighted by Gasteiger charge is -2.12. The van der Waals surface area contributed by atoms with Crippen molar-refractivity contribution in [1.82, 2.24) is 4.31 Å². The summed E-state index contributed by atoms with van der Waals surface area (Å²) in [6.45, 7) is 5.64. The zero-order chi connectivity index (χ0) is 7.11. The van der Waals surface area contributed by atoms with E-state index in [9.17, 15) is 0 Å². The minimum absolute atomic E-state index is 1.21. The van der Waals surface area contributed by atoms with Crippen molar-refractivity contribution in [2.45, 2.75) is 26.7 Å². The van der Waals surface area contributed by atoms with Crippen LogP contribution < -0.4 is 0 Å². The maximum atomic E-state index is 2.31. The summed E-state index contributed by atoms with van der Waals surface area (Å²) in [4.78, 5) is 0. The van der Waals surface area contributed by atoms with Gasteiger partial charge in [-0.2, -0.15) is 0 Å². The van der Waals surface area contributed by atoms with Crippen molar-refractivity contribution in [2.24, 2.45) is 0 Å². The van der Waals surface area contributed by atoms with Gasteiger partial charge in [-0.25, -0.2) is 0 Å². The van der Waals surface area contributed by atoms with E-state index in [1.807, 2.05) is 11.9 Å². The van der Waals surface area contributed by atoms with E-state index in [0.717, 1.165) is 0 Å². The van der Waals surface area contributed by atoms with Gasteiger partial charge >= 0.3 is 0 Å². The average Bonchev–Trinajstić information content (AvgIpc) is 1.85. The summed E-state index contributed by atoms with van der Waals surface area (Å²) in [6.07, 6.45) is 2.53. The molecule has 0 aromatic rings. The van der Waals surface area contributed by atoms with Gasteiger partial charge in [0.15, 0.2) is 0 Å². The third kappa shape index (κ3) is 6.19. The topological polar surface area (TPSA) is 3.24 Å². The molecule has 0 unspecified atom stereocenters. The molecule has 56 valence electrons. The minimum Gasteiger partial charge on any atom is -0.254 e. The number of hydrogen-bond donors (Lipinski definition) is 0. The lowest BCUT2D eigenvalue weighted by atomic mass is 10.5. The van der Waals surface area contributed by atoms with Gasteiger partial charge in [-0.1, -0.05) is 25.8 Å². The van der Waals surface area contributed by atoms with Crippen LogP contribution in [0.3, 0.4) is 0 Å². The Morgan fingerprint density at radius 3 is 2.33 bits per heavy atom. The molecule has 0 aromatic carbocycles. The largest absolute Gasteiger partial charge is 0.254 e. The second-order valence-electron chi connectivity index (χ2n) is 2.18. The van der Waals surface area contributed by atoms with Crippen LogP contribution in [0.2, 0.25) is 0 Å². The molecule has 0 saturated carbocycles. The molecule has 1 nitrogen and oxygen atoms in total. The highest BCUT2D eigenvalue weighted by Gasteiger charge is 1.93. The number of rotatable bonds is 5. The van der Waals surface area contributed by atoms with Crippen LogP contribution in [-0.2, 0) is 0 Å². The first kappa shape index (κ1) is 9.31. The fourth-order valence-corrected chi connectivity index (χ4v) is 1.43. The fourth-order valence-electron chi connectivity index (χ4n) is 0.627. The SMILES string of the molecule is CCCSN(C)CCC. The van der Waals surface area contributed by atoms with Crippen LogP contribution >= 0.6 is 11.9 Å². The molecule has 9 heavy (non-hydrogen) atoms. The van der Waals surface area contributed by atoms with Gasteiger partial charge in [0, 0.05) is 12.3 Å². The van der Waals surface area contributed by atoms with E-state index in [1.165, 1.54) is 25.1 Å². The molecule has 0 saturated heterocycles. The van der Waals surface area contributed by atoms with E-state index in [1.54, 1.807) is 0 Å². The summed E-state index contributed by atoms with van der Waals surface area (Å²) in [6, 6.07) is 0. The van der Waals surface area contributed by atoms with Crippen molar-refractivity contribution in [3.63, 3.8) is 0 Å². The monoisotopic (exact) mass is 147 g/mol. The second-order valence-corrected chi connectivity index (χ2v) is 3.47. The molecule has 0 aliphatic heterocycles. The molecule has 0 aliphatic rings. The Morgan fingerprint density at radius 1 is 1.22 bits per heavy atom. The maximum Gasteiger partial charge on any atom is 0.00835 e. The van der Waals surface area contributed by atoms with Crippen LogP contribution in [0.5, 0.6) is 0 Å². The molecule has 0 atom stereocenters. The molecule has 0 rings (SSSR count). The highest BCUT2D eigenvalue weighted by Crippen LogP contribution is 2.07. The normalized spacial score (nSPS) is 10.7. The number of nitrogens with zero attached hydrogens (tertiary/aromatic N) is 1. The molecular formula is C7H17NS. The van der Waals surface area contributed by atoms with Crippen LogP contribution in [0.1, 0.15) is 26.7 Å². The Bertz CT molecular complexity index is 56.9. The Labute approximate surface area is 62.9 Å². The summed E-state index contributed by atoms with van der Waals surface area (Å²) in [5.74, 6) is 1.26. The standard InChI is InChI=1S/C7H17NS/c1-4-6-8(3)9-7-5-2/h4-7H2,1-3H3. The van der Waals surface area contributed by atoms with Crippen LogP contribution in [0.15, 0.2) is 0 Å². The van der Waals surface area contributed by atoms with Crippen LogP contribution in [-0.4, -0.2) is 23.7 Å². The van der Waals surface area contributed by atoms with Crippen molar-refractivity contribution < 1.29 is 0 Å². The van der Waals surface area contributed by atoms with Crippen LogP contribution in [0.4, 0.5) is 0 Å². The van der Waals surface area contributed by atoms with Gasteiger partial charge in [0.25, 0.3) is 0 Å². The molecule has 0 heterocycles. The third-order valence-corrected chi connectivity index (χ3v) is 2.27. The van der Waals surface area contributed by atoms with Gasteiger partial charge in [-0.3, -0.25) is 4.31 Å². The number of hydrogen-bond acceptors (Lipinski definition) is 2. The predicted molar refractivity (Wildman–Crippen MR) is 45.7 cm³/mol. The maximum absolute atomic E-state index is 2.31. The molecule has 0 aromatic heterocycles. The zero-order valence-electron chi connectivity index (χ0n) is 6.68. The van der Waals surface area contributed by atoms with E-state index in [2.05, 4.69) is 25.2 Å². The lowest BCUT2D eigenvalue weighted by molar-refractivity contribution is 0.559. The van der Waals surface area contributed by atoms with Gasteiger partial charge in [0.05, 0.1) is 0 Å². The molecular weight excluding hydrogens is 130 g/mol. The average molecular weight is 147 g/mol. The van der Waals surface area contributed by atoms with Crippen molar-refractivity contribution in [1.29, 1.82) is 0 Å². The summed E-state index contributed by atoms with van der Waals surface area (Å²) < 4.78 is 2.31. The summed E-state index contributed by atoms with van der Waals surface area (Å²) >= 11 is 1.93. The van der Waals surface area contributed by atoms with E-state index < -0.39 is 0 Å². The van der Waals surface area contributed by atoms with E-state index in [0.29, 0.717) is 0 Å². The molecule has 0 amide bonds. The first-order chi connectivity index (χ1) is 4.31. The minimum atomic E-state index is 1.21. The lowest BCUT2D eigenvalue weighted by Crippen LogP contribution is -2.10. The fraction of sp³-hybridized carbons (Fsp3) is 1.00. The third-order valence-electron chi connectivity index (χ3n) is 1.05. The van der Waals surface area contributed by atoms with Crippen molar-refractivity contribution in [3.05, 3.63) is 0 Å². The van der Waals surface area contributed by atoms with Crippen molar-refractivity contribution in [3.8, 4) is 0 Å². The molecule has 0 bridgehead atoms. The molecule has 0 radical (unpaired) electrons. The Kier molecular flexibility index (Phi) is 6.65. The summed E-state index contributed by atoms with van der Waals surface area (Å²) in [5.41, 5.74) is 0. The van der Waals surface area contributed by atoms with Crippen molar-refractivity contribution in [2.75, 3.05) is 19.3 Å². The molecule has 0 fully saturated rings. The molecule has 0 spiro atoms. The zero-order valence-corrected chi connectivity index (χ0v) is 7.50. The van der Waals surface area contributed by atoms with Gasteiger partial charge in [-0.15, -0.1) is 0 Å². The smallest absolute Gasteiger partial charge is 0.00835 e. The van der Waals surface area contributed by atoms with Gasteiger partial charge in [0.1, 0.15) is 0 Å². The molecule has 2 heteroatoms. The highest BCUT2D eigenvalue weighted by molar-refractivity contribution is 7.96. The Hall–Kier alpha value is 0.310. The van der Waals surface area contributed by atoms with Crippen molar-refractivity contribution >= 4 is 11.9 Å². The quantitative estimate of drug-likeness (QED) is 0.549. The molecule has 0 aliphatic carbocycles. The Morgan fingerprint density at radius 2 is 1.89 bits per heavy atom. The van der Waals surface area contributed by atoms with E-state index in [-0.39, 0.29) is 0 Å². The van der Waals surface area contributed by atoms with Crippen LogP contribution in [0.25, 0.3) is 0 Å². The second kappa shape index (κ2) is 6.43. The highest BCUT2D eigenvalue weighted by atomic mass is 32.2. The summed E-state index contributed by atoms with van der Waals surface area (Å²) in [5, 5.41) is 0.